The zero-order valence-electron chi connectivity index (χ0n) is 9.16. The molecule has 5 N–H and O–H groups in total. The number of benzene rings is 1. The molecule has 0 aliphatic heterocycles. The first-order valence-corrected chi connectivity index (χ1v) is 6.37. The number of halogens is 3. The number of sulfonamides is 1. The van der Waals surface area contributed by atoms with Crippen molar-refractivity contribution in [1.29, 1.82) is 0 Å². The summed E-state index contributed by atoms with van der Waals surface area (Å²) in [7, 11) is -4.05. The quantitative estimate of drug-likeness (QED) is 0.725. The minimum atomic E-state index is -4.32. The molecule has 0 bridgehead atoms. The lowest BCUT2D eigenvalue weighted by Crippen LogP contribution is -2.18. The third-order valence-corrected chi connectivity index (χ3v) is 2.99. The average Bonchev–Trinajstić information content (AvgIpc) is 2.17. The van der Waals surface area contributed by atoms with Gasteiger partial charge >= 0.3 is 6.18 Å². The minimum absolute atomic E-state index is 0.00375. The van der Waals surface area contributed by atoms with Gasteiger partial charge in [-0.05, 0) is 18.2 Å². The molecule has 0 aromatic heterocycles. The van der Waals surface area contributed by atoms with Crippen LogP contribution in [0.3, 0.4) is 0 Å². The monoisotopic (exact) mass is 283 g/mol. The Morgan fingerprint density at radius 1 is 1.28 bits per heavy atom. The van der Waals surface area contributed by atoms with E-state index in [1.165, 1.54) is 12.1 Å². The molecule has 9 heteroatoms. The Labute approximate surface area is 102 Å². The van der Waals surface area contributed by atoms with Crippen molar-refractivity contribution in [1.82, 2.24) is 0 Å². The highest BCUT2D eigenvalue weighted by molar-refractivity contribution is 7.89. The molecule has 0 heterocycles. The smallest absolute Gasteiger partial charge is 0.390 e. The van der Waals surface area contributed by atoms with Crippen molar-refractivity contribution in [2.24, 2.45) is 5.14 Å². The predicted octanol–water partition coefficient (Wildman–Crippen LogP) is 1.28. The first-order valence-electron chi connectivity index (χ1n) is 4.82. The number of hydrogen-bond donors (Lipinski definition) is 3. The number of nitrogens with one attached hydrogen (secondary N) is 1. The fourth-order valence-corrected chi connectivity index (χ4v) is 2.01. The Morgan fingerprint density at radius 2 is 1.89 bits per heavy atom. The van der Waals surface area contributed by atoms with E-state index in [1.54, 1.807) is 0 Å². The minimum Gasteiger partial charge on any atom is -0.399 e. The Morgan fingerprint density at radius 3 is 2.39 bits per heavy atom. The van der Waals surface area contributed by atoms with E-state index in [0.717, 1.165) is 6.07 Å². The summed E-state index contributed by atoms with van der Waals surface area (Å²) in [5.74, 6) is 0. The molecule has 0 saturated carbocycles. The van der Waals surface area contributed by atoms with E-state index in [4.69, 9.17) is 10.9 Å². The van der Waals surface area contributed by atoms with Crippen molar-refractivity contribution in [3.8, 4) is 0 Å². The van der Waals surface area contributed by atoms with Crippen molar-refractivity contribution in [2.75, 3.05) is 17.6 Å². The molecule has 0 fully saturated rings. The van der Waals surface area contributed by atoms with Crippen molar-refractivity contribution in [3.63, 3.8) is 0 Å². The van der Waals surface area contributed by atoms with Gasteiger partial charge in [-0.1, -0.05) is 0 Å². The van der Waals surface area contributed by atoms with Gasteiger partial charge in [0.05, 0.1) is 12.1 Å². The van der Waals surface area contributed by atoms with Gasteiger partial charge in [-0.3, -0.25) is 0 Å². The van der Waals surface area contributed by atoms with Crippen LogP contribution < -0.4 is 16.2 Å². The second-order valence-corrected chi connectivity index (χ2v) is 5.12. The molecule has 0 aliphatic carbocycles. The van der Waals surface area contributed by atoms with Gasteiger partial charge in [-0.15, -0.1) is 0 Å². The summed E-state index contributed by atoms with van der Waals surface area (Å²) < 4.78 is 58.3. The van der Waals surface area contributed by atoms with Crippen molar-refractivity contribution >= 4 is 21.4 Å². The number of anilines is 2. The number of hydrogen-bond acceptors (Lipinski definition) is 4. The number of primary sulfonamides is 1. The van der Waals surface area contributed by atoms with Gasteiger partial charge in [0.2, 0.25) is 10.0 Å². The lowest BCUT2D eigenvalue weighted by Gasteiger charge is -2.12. The van der Waals surface area contributed by atoms with Crippen LogP contribution in [0.1, 0.15) is 6.42 Å². The molecule has 0 spiro atoms. The van der Waals surface area contributed by atoms with Crippen molar-refractivity contribution in [3.05, 3.63) is 18.2 Å². The van der Waals surface area contributed by atoms with E-state index >= 15 is 0 Å². The zero-order valence-corrected chi connectivity index (χ0v) is 9.98. The van der Waals surface area contributed by atoms with E-state index < -0.39 is 29.2 Å². The molecular formula is C9H12F3N3O2S. The molecular weight excluding hydrogens is 271 g/mol. The van der Waals surface area contributed by atoms with Gasteiger partial charge in [0.1, 0.15) is 4.90 Å². The van der Waals surface area contributed by atoms with Gasteiger partial charge in [0.15, 0.2) is 0 Å². The summed E-state index contributed by atoms with van der Waals surface area (Å²) in [6.07, 6.45) is -5.40. The standard InChI is InChI=1S/C9H12F3N3O2S/c10-9(11,12)3-4-15-7-2-1-6(13)5-8(7)18(14,16)17/h1-2,5,15H,3-4,13H2,(H2,14,16,17). The molecule has 18 heavy (non-hydrogen) atoms. The number of nitrogen functional groups attached to an aromatic ring is 1. The summed E-state index contributed by atoms with van der Waals surface area (Å²) in [5.41, 5.74) is 5.54. The van der Waals surface area contributed by atoms with E-state index in [0.29, 0.717) is 0 Å². The Hall–Kier alpha value is -1.48. The van der Waals surface area contributed by atoms with Crippen LogP contribution in [0.15, 0.2) is 23.1 Å². The molecule has 1 rings (SSSR count). The van der Waals surface area contributed by atoms with Crippen LogP contribution in [0.4, 0.5) is 24.5 Å². The predicted molar refractivity (Wildman–Crippen MR) is 61.4 cm³/mol. The van der Waals surface area contributed by atoms with Gasteiger partial charge in [-0.2, -0.15) is 13.2 Å². The first kappa shape index (κ1) is 14.6. The van der Waals surface area contributed by atoms with Crippen LogP contribution in [0.5, 0.6) is 0 Å². The highest BCUT2D eigenvalue weighted by Crippen LogP contribution is 2.24. The van der Waals surface area contributed by atoms with Crippen LogP contribution in [0.25, 0.3) is 0 Å². The SMILES string of the molecule is Nc1ccc(NCCC(F)(F)F)c(S(N)(=O)=O)c1. The molecule has 0 atom stereocenters. The molecule has 0 unspecified atom stereocenters. The van der Waals surface area contributed by atoms with E-state index in [9.17, 15) is 21.6 Å². The topological polar surface area (TPSA) is 98.2 Å². The summed E-state index contributed by atoms with van der Waals surface area (Å²) in [6.45, 7) is -0.448. The second kappa shape index (κ2) is 5.02. The second-order valence-electron chi connectivity index (χ2n) is 3.59. The highest BCUT2D eigenvalue weighted by Gasteiger charge is 2.26. The fraction of sp³-hybridized carbons (Fsp3) is 0.333. The molecule has 0 radical (unpaired) electrons. The molecule has 0 amide bonds. The number of alkyl halides is 3. The molecule has 5 nitrogen and oxygen atoms in total. The van der Waals surface area contributed by atoms with Crippen LogP contribution in [0.2, 0.25) is 0 Å². The van der Waals surface area contributed by atoms with Crippen molar-refractivity contribution < 1.29 is 21.6 Å². The summed E-state index contributed by atoms with van der Waals surface area (Å²) >= 11 is 0. The molecule has 102 valence electrons. The van der Waals surface area contributed by atoms with Gasteiger partial charge in [-0.25, -0.2) is 13.6 Å². The number of rotatable bonds is 4. The Bertz CT molecular complexity index is 528. The van der Waals surface area contributed by atoms with Crippen LogP contribution in [0, 0.1) is 0 Å². The fourth-order valence-electron chi connectivity index (χ4n) is 1.26. The molecule has 1 aromatic carbocycles. The normalized spacial score (nSPS) is 12.4. The summed E-state index contributed by atoms with van der Waals surface area (Å²) in [6, 6.07) is 3.72. The third-order valence-electron chi connectivity index (χ3n) is 2.04. The van der Waals surface area contributed by atoms with Crippen LogP contribution in [-0.2, 0) is 10.0 Å². The molecule has 1 aromatic rings. The van der Waals surface area contributed by atoms with E-state index in [1.807, 2.05) is 0 Å². The summed E-state index contributed by atoms with van der Waals surface area (Å²) in [5, 5.41) is 7.31. The van der Waals surface area contributed by atoms with Crippen LogP contribution >= 0.6 is 0 Å². The zero-order chi connectivity index (χ0) is 14.0. The maximum atomic E-state index is 12.0. The van der Waals surface area contributed by atoms with Gasteiger partial charge in [0.25, 0.3) is 0 Å². The maximum Gasteiger partial charge on any atom is 0.390 e. The lowest BCUT2D eigenvalue weighted by molar-refractivity contribution is -0.131. The molecule has 0 aliphatic rings. The molecule has 0 saturated heterocycles. The van der Waals surface area contributed by atoms with Gasteiger partial charge in [0, 0.05) is 12.2 Å². The highest BCUT2D eigenvalue weighted by atomic mass is 32.2. The Kier molecular flexibility index (Phi) is 4.07. The lowest BCUT2D eigenvalue weighted by atomic mass is 10.2. The average molecular weight is 283 g/mol. The van der Waals surface area contributed by atoms with E-state index in [-0.39, 0.29) is 16.3 Å². The van der Waals surface area contributed by atoms with E-state index in [2.05, 4.69) is 5.32 Å². The maximum absolute atomic E-state index is 12.0. The first-order chi connectivity index (χ1) is 8.09. The third kappa shape index (κ3) is 4.41. The van der Waals surface area contributed by atoms with Gasteiger partial charge < -0.3 is 11.1 Å². The largest absolute Gasteiger partial charge is 0.399 e. The van der Waals surface area contributed by atoms with Crippen molar-refractivity contribution in [2.45, 2.75) is 17.5 Å². The summed E-state index contributed by atoms with van der Waals surface area (Å²) in [4.78, 5) is -0.329. The Balaban J connectivity index is 2.90. The number of nitrogens with two attached hydrogens (primary N) is 2. The van der Waals surface area contributed by atoms with Crippen LogP contribution in [-0.4, -0.2) is 21.1 Å².